The third-order valence-electron chi connectivity index (χ3n) is 6.94. The first-order chi connectivity index (χ1) is 19.6. The standard InChI is InChI=1S/C31H36ClN5O4/c1-31(2,3)41-30(38)34-21-8-6-20(7-9-21)17-33-22-10-12-36(18-22)23-11-13-37-19-26(35-29(37)14-23)24-15-25(32)28(40-5)16-27(24)39-4/h6-9,11,13-16,19,22,33H,10,12,17-18H2,1-5H3,(H,34,38). The van der Waals surface area contributed by atoms with Crippen LogP contribution < -0.4 is 25.0 Å². The summed E-state index contributed by atoms with van der Waals surface area (Å²) in [5.74, 6) is 1.21. The van der Waals surface area contributed by atoms with E-state index in [0.29, 0.717) is 28.3 Å². The number of carbonyl (C=O) groups is 1. The molecule has 9 nitrogen and oxygen atoms in total. The largest absolute Gasteiger partial charge is 0.496 e. The number of pyridine rings is 1. The average molecular weight is 578 g/mol. The van der Waals surface area contributed by atoms with Crippen LogP contribution in [0.4, 0.5) is 16.2 Å². The molecule has 1 unspecified atom stereocenters. The molecular formula is C31H36ClN5O4. The fraction of sp³-hybridized carbons (Fsp3) is 0.355. The summed E-state index contributed by atoms with van der Waals surface area (Å²) in [5, 5.41) is 6.94. The van der Waals surface area contributed by atoms with E-state index in [0.717, 1.165) is 54.2 Å². The number of imidazole rings is 1. The van der Waals surface area contributed by atoms with Crippen LogP contribution in [0.2, 0.25) is 5.02 Å². The molecule has 216 valence electrons. The summed E-state index contributed by atoms with van der Waals surface area (Å²) in [7, 11) is 3.20. The summed E-state index contributed by atoms with van der Waals surface area (Å²) in [4.78, 5) is 19.2. The molecule has 2 N–H and O–H groups in total. The van der Waals surface area contributed by atoms with Gasteiger partial charge in [-0.1, -0.05) is 23.7 Å². The second-order valence-electron chi connectivity index (χ2n) is 11.1. The molecule has 2 aromatic heterocycles. The lowest BCUT2D eigenvalue weighted by atomic mass is 10.1. The Kier molecular flexibility index (Phi) is 8.28. The van der Waals surface area contributed by atoms with Crippen molar-refractivity contribution in [3.8, 4) is 22.8 Å². The Labute approximate surface area is 245 Å². The molecule has 1 amide bonds. The Morgan fingerprint density at radius 2 is 1.83 bits per heavy atom. The quantitative estimate of drug-likeness (QED) is 0.251. The number of carbonyl (C=O) groups excluding carboxylic acids is 1. The highest BCUT2D eigenvalue weighted by Crippen LogP contribution is 2.38. The van der Waals surface area contributed by atoms with Crippen LogP contribution in [0.3, 0.4) is 0 Å². The zero-order valence-electron chi connectivity index (χ0n) is 24.0. The number of methoxy groups -OCH3 is 2. The second kappa shape index (κ2) is 11.9. The molecule has 41 heavy (non-hydrogen) atoms. The number of amides is 1. The van der Waals surface area contributed by atoms with Gasteiger partial charge in [0, 0.05) is 67.1 Å². The van der Waals surface area contributed by atoms with E-state index in [2.05, 4.69) is 27.7 Å². The molecule has 0 spiro atoms. The van der Waals surface area contributed by atoms with Gasteiger partial charge in [0.15, 0.2) is 0 Å². The van der Waals surface area contributed by atoms with Gasteiger partial charge in [-0.15, -0.1) is 0 Å². The maximum Gasteiger partial charge on any atom is 0.412 e. The van der Waals surface area contributed by atoms with Gasteiger partial charge in [-0.2, -0.15) is 0 Å². The highest BCUT2D eigenvalue weighted by Gasteiger charge is 2.23. The van der Waals surface area contributed by atoms with Gasteiger partial charge in [-0.05, 0) is 57.0 Å². The van der Waals surface area contributed by atoms with Crippen LogP contribution in [0, 0.1) is 0 Å². The topological polar surface area (TPSA) is 89.4 Å². The number of nitrogens with zero attached hydrogens (tertiary/aromatic N) is 3. The van der Waals surface area contributed by atoms with E-state index in [-0.39, 0.29) is 0 Å². The number of halogens is 1. The lowest BCUT2D eigenvalue weighted by Crippen LogP contribution is -2.32. The smallest absolute Gasteiger partial charge is 0.412 e. The molecule has 3 heterocycles. The highest BCUT2D eigenvalue weighted by molar-refractivity contribution is 6.32. The van der Waals surface area contributed by atoms with E-state index < -0.39 is 11.7 Å². The predicted molar refractivity (Wildman–Crippen MR) is 162 cm³/mol. The summed E-state index contributed by atoms with van der Waals surface area (Å²) in [5.41, 5.74) is 4.90. The van der Waals surface area contributed by atoms with Gasteiger partial charge >= 0.3 is 6.09 Å². The second-order valence-corrected chi connectivity index (χ2v) is 11.5. The monoisotopic (exact) mass is 577 g/mol. The molecule has 1 fully saturated rings. The predicted octanol–water partition coefficient (Wildman–Crippen LogP) is 6.39. The van der Waals surface area contributed by atoms with Crippen LogP contribution in [0.25, 0.3) is 16.9 Å². The van der Waals surface area contributed by atoms with Crippen molar-refractivity contribution in [2.45, 2.75) is 45.4 Å². The van der Waals surface area contributed by atoms with Gasteiger partial charge in [-0.3, -0.25) is 5.32 Å². The van der Waals surface area contributed by atoms with Crippen LogP contribution >= 0.6 is 11.6 Å². The maximum absolute atomic E-state index is 12.0. The minimum absolute atomic E-state index is 0.367. The van der Waals surface area contributed by atoms with Crippen LogP contribution in [0.15, 0.2) is 60.9 Å². The lowest BCUT2D eigenvalue weighted by Gasteiger charge is -2.20. The molecular weight excluding hydrogens is 542 g/mol. The SMILES string of the molecule is COc1cc(OC)c(-c2cn3ccc(N4CCC(NCc5ccc(NC(=O)OC(C)(C)C)cc5)C4)cc3n2)cc1Cl. The van der Waals surface area contributed by atoms with E-state index in [4.69, 9.17) is 30.8 Å². The Morgan fingerprint density at radius 1 is 1.07 bits per heavy atom. The van der Waals surface area contributed by atoms with Crippen molar-refractivity contribution in [2.75, 3.05) is 37.5 Å². The van der Waals surface area contributed by atoms with Crippen LogP contribution in [0.5, 0.6) is 11.5 Å². The minimum atomic E-state index is -0.531. The minimum Gasteiger partial charge on any atom is -0.496 e. The summed E-state index contributed by atoms with van der Waals surface area (Å²) in [6, 6.07) is 16.0. The third-order valence-corrected chi connectivity index (χ3v) is 7.24. The first-order valence-corrected chi connectivity index (χ1v) is 14.0. The Hall–Kier alpha value is -3.95. The van der Waals surface area contributed by atoms with Crippen molar-refractivity contribution in [3.05, 3.63) is 71.5 Å². The van der Waals surface area contributed by atoms with Gasteiger partial charge in [-0.25, -0.2) is 9.78 Å². The first kappa shape index (κ1) is 28.6. The molecule has 0 radical (unpaired) electrons. The number of aromatic nitrogens is 2. The number of rotatable bonds is 8. The number of anilines is 2. The fourth-order valence-electron chi connectivity index (χ4n) is 4.91. The molecule has 0 saturated carbocycles. The van der Waals surface area contributed by atoms with E-state index in [1.54, 1.807) is 20.3 Å². The fourth-order valence-corrected chi connectivity index (χ4v) is 5.15. The summed E-state index contributed by atoms with van der Waals surface area (Å²) in [6.07, 6.45) is 4.60. The molecule has 4 aromatic rings. The number of nitrogens with one attached hydrogen (secondary N) is 2. The molecule has 1 saturated heterocycles. The van der Waals surface area contributed by atoms with E-state index in [9.17, 15) is 4.79 Å². The summed E-state index contributed by atoms with van der Waals surface area (Å²) in [6.45, 7) is 8.15. The van der Waals surface area contributed by atoms with Crippen molar-refractivity contribution in [2.24, 2.45) is 0 Å². The summed E-state index contributed by atoms with van der Waals surface area (Å²) >= 11 is 6.39. The highest BCUT2D eigenvalue weighted by atomic mass is 35.5. The molecule has 0 bridgehead atoms. The average Bonchev–Trinajstić information content (AvgIpc) is 3.58. The van der Waals surface area contributed by atoms with Crippen molar-refractivity contribution < 1.29 is 19.0 Å². The van der Waals surface area contributed by atoms with Crippen LogP contribution in [-0.2, 0) is 11.3 Å². The van der Waals surface area contributed by atoms with Gasteiger partial charge in [0.25, 0.3) is 0 Å². The van der Waals surface area contributed by atoms with Crippen molar-refractivity contribution in [1.82, 2.24) is 14.7 Å². The number of hydrogen-bond acceptors (Lipinski definition) is 7. The van der Waals surface area contributed by atoms with Crippen molar-refractivity contribution >= 4 is 34.7 Å². The van der Waals surface area contributed by atoms with Crippen molar-refractivity contribution in [1.29, 1.82) is 0 Å². The number of ether oxygens (including phenoxy) is 3. The number of fused-ring (bicyclic) bond motifs is 1. The van der Waals surface area contributed by atoms with E-state index in [1.165, 1.54) is 0 Å². The lowest BCUT2D eigenvalue weighted by molar-refractivity contribution is 0.0636. The zero-order chi connectivity index (χ0) is 29.1. The number of benzene rings is 2. The Bertz CT molecular complexity index is 1530. The third kappa shape index (κ3) is 6.86. The van der Waals surface area contributed by atoms with E-state index in [1.807, 2.05) is 67.9 Å². The normalized spacial score (nSPS) is 15.3. The van der Waals surface area contributed by atoms with Crippen molar-refractivity contribution in [3.63, 3.8) is 0 Å². The summed E-state index contributed by atoms with van der Waals surface area (Å²) < 4.78 is 18.2. The zero-order valence-corrected chi connectivity index (χ0v) is 24.8. The molecule has 5 rings (SSSR count). The molecule has 0 aliphatic carbocycles. The van der Waals surface area contributed by atoms with Gasteiger partial charge in [0.1, 0.15) is 22.7 Å². The van der Waals surface area contributed by atoms with Crippen LogP contribution in [0.1, 0.15) is 32.8 Å². The number of hydrogen-bond donors (Lipinski definition) is 2. The Balaban J connectivity index is 1.19. The van der Waals surface area contributed by atoms with Gasteiger partial charge < -0.3 is 28.8 Å². The molecule has 2 aromatic carbocycles. The Morgan fingerprint density at radius 3 is 2.54 bits per heavy atom. The van der Waals surface area contributed by atoms with E-state index >= 15 is 0 Å². The van der Waals surface area contributed by atoms with Crippen LogP contribution in [-0.4, -0.2) is 54.4 Å². The molecule has 1 aliphatic heterocycles. The molecule has 1 atom stereocenters. The maximum atomic E-state index is 12.0. The molecule has 10 heteroatoms. The first-order valence-electron chi connectivity index (χ1n) is 13.6. The molecule has 1 aliphatic rings. The van der Waals surface area contributed by atoms with Gasteiger partial charge in [0.2, 0.25) is 0 Å². The van der Waals surface area contributed by atoms with Gasteiger partial charge in [0.05, 0.1) is 24.9 Å².